The molecule has 2 heteroatoms. The number of aromatic nitrogens is 1. The third-order valence-electron chi connectivity index (χ3n) is 6.09. The van der Waals surface area contributed by atoms with Gasteiger partial charge < -0.3 is 9.88 Å². The predicted octanol–water partition coefficient (Wildman–Crippen LogP) is 4.01. The Morgan fingerprint density at radius 1 is 1.19 bits per heavy atom. The Hall–Kier alpha value is -1.28. The van der Waals surface area contributed by atoms with Gasteiger partial charge in [-0.05, 0) is 62.1 Å². The molecule has 1 aromatic heterocycles. The Morgan fingerprint density at radius 3 is 2.76 bits per heavy atom. The molecule has 3 unspecified atom stereocenters. The Labute approximate surface area is 127 Å². The molecule has 1 aromatic carbocycles. The zero-order valence-corrected chi connectivity index (χ0v) is 13.2. The number of benzene rings is 1. The van der Waals surface area contributed by atoms with Crippen molar-refractivity contribution in [3.63, 3.8) is 0 Å². The summed E-state index contributed by atoms with van der Waals surface area (Å²) in [5.74, 6) is 3.02. The van der Waals surface area contributed by atoms with Crippen LogP contribution in [-0.4, -0.2) is 11.1 Å². The second-order valence-corrected chi connectivity index (χ2v) is 7.21. The van der Waals surface area contributed by atoms with E-state index < -0.39 is 0 Å². The summed E-state index contributed by atoms with van der Waals surface area (Å²) >= 11 is 0. The summed E-state index contributed by atoms with van der Waals surface area (Å²) < 4.78 is 2.36. The molecule has 2 aromatic rings. The fourth-order valence-electron chi connectivity index (χ4n) is 4.89. The number of aryl methyl sites for hydroxylation is 2. The molecule has 3 atom stereocenters. The highest BCUT2D eigenvalue weighted by atomic mass is 15.0. The van der Waals surface area contributed by atoms with E-state index in [-0.39, 0.29) is 0 Å². The third kappa shape index (κ3) is 2.20. The third-order valence-corrected chi connectivity index (χ3v) is 6.09. The van der Waals surface area contributed by atoms with E-state index in [2.05, 4.69) is 48.1 Å². The van der Waals surface area contributed by atoms with Gasteiger partial charge in [-0.1, -0.05) is 24.6 Å². The average molecular weight is 282 g/mol. The van der Waals surface area contributed by atoms with Gasteiger partial charge in [-0.15, -0.1) is 0 Å². The highest BCUT2D eigenvalue weighted by Crippen LogP contribution is 2.47. The summed E-state index contributed by atoms with van der Waals surface area (Å²) in [5.41, 5.74) is 4.24. The van der Waals surface area contributed by atoms with Gasteiger partial charge in [0.2, 0.25) is 0 Å². The summed E-state index contributed by atoms with van der Waals surface area (Å²) in [4.78, 5) is 0. The predicted molar refractivity (Wildman–Crippen MR) is 88.3 cm³/mol. The van der Waals surface area contributed by atoms with Crippen molar-refractivity contribution in [1.29, 1.82) is 0 Å². The van der Waals surface area contributed by atoms with Gasteiger partial charge in [0.05, 0.1) is 0 Å². The highest BCUT2D eigenvalue weighted by Gasteiger charge is 2.38. The summed E-state index contributed by atoms with van der Waals surface area (Å²) in [6.45, 7) is 4.48. The van der Waals surface area contributed by atoms with Crippen LogP contribution in [0.25, 0.3) is 10.9 Å². The van der Waals surface area contributed by atoms with Crippen molar-refractivity contribution < 1.29 is 0 Å². The van der Waals surface area contributed by atoms with Gasteiger partial charge in [0.15, 0.2) is 0 Å². The topological polar surface area (TPSA) is 17.0 Å². The molecule has 2 bridgehead atoms. The lowest BCUT2D eigenvalue weighted by molar-refractivity contribution is 0.317. The van der Waals surface area contributed by atoms with Crippen LogP contribution in [0.4, 0.5) is 0 Å². The quantitative estimate of drug-likeness (QED) is 0.896. The van der Waals surface area contributed by atoms with Crippen LogP contribution in [-0.2, 0) is 13.6 Å². The summed E-state index contributed by atoms with van der Waals surface area (Å²) in [7, 11) is 2.20. The number of para-hydroxylation sites is 1. The largest absolute Gasteiger partial charge is 0.346 e. The fourth-order valence-corrected chi connectivity index (χ4v) is 4.89. The van der Waals surface area contributed by atoms with Crippen LogP contribution in [0.1, 0.15) is 36.9 Å². The molecule has 1 heterocycles. The molecule has 4 rings (SSSR count). The van der Waals surface area contributed by atoms with Gasteiger partial charge in [0.1, 0.15) is 0 Å². The van der Waals surface area contributed by atoms with Crippen LogP contribution in [0.15, 0.2) is 24.3 Å². The molecule has 112 valence electrons. The maximum atomic E-state index is 3.75. The number of hydrogen-bond acceptors (Lipinski definition) is 1. The monoisotopic (exact) mass is 282 g/mol. The summed E-state index contributed by atoms with van der Waals surface area (Å²) in [6.07, 6.45) is 5.98. The van der Waals surface area contributed by atoms with Crippen molar-refractivity contribution in [2.45, 2.75) is 39.2 Å². The highest BCUT2D eigenvalue weighted by molar-refractivity contribution is 5.85. The van der Waals surface area contributed by atoms with E-state index in [0.29, 0.717) is 0 Å². The first-order chi connectivity index (χ1) is 10.2. The molecule has 2 fully saturated rings. The van der Waals surface area contributed by atoms with Crippen molar-refractivity contribution in [2.24, 2.45) is 24.8 Å². The van der Waals surface area contributed by atoms with Crippen LogP contribution in [0, 0.1) is 24.7 Å². The van der Waals surface area contributed by atoms with Crippen molar-refractivity contribution >= 4 is 10.9 Å². The standard InChI is InChI=1S/C19H26N2/c1-13-17-5-3-4-6-18(17)21(2)19(13)12-20-11-16-10-14-7-8-15(16)9-14/h3-6,14-16,20H,7-12H2,1-2H3. The van der Waals surface area contributed by atoms with E-state index in [1.165, 1.54) is 54.4 Å². The van der Waals surface area contributed by atoms with Gasteiger partial charge in [-0.25, -0.2) is 0 Å². The van der Waals surface area contributed by atoms with Crippen LogP contribution in [0.2, 0.25) is 0 Å². The van der Waals surface area contributed by atoms with Crippen LogP contribution < -0.4 is 5.32 Å². The van der Waals surface area contributed by atoms with Crippen LogP contribution in [0.5, 0.6) is 0 Å². The molecular weight excluding hydrogens is 256 g/mol. The molecule has 2 aliphatic rings. The first-order valence-electron chi connectivity index (χ1n) is 8.47. The molecule has 2 nitrogen and oxygen atoms in total. The molecule has 0 radical (unpaired) electrons. The second kappa shape index (κ2) is 5.17. The second-order valence-electron chi connectivity index (χ2n) is 7.21. The lowest BCUT2D eigenvalue weighted by atomic mass is 9.89. The summed E-state index contributed by atoms with van der Waals surface area (Å²) in [6, 6.07) is 8.74. The maximum Gasteiger partial charge on any atom is 0.0483 e. The minimum absolute atomic E-state index is 0.943. The lowest BCUT2D eigenvalue weighted by Crippen LogP contribution is -2.27. The minimum atomic E-state index is 0.943. The van der Waals surface area contributed by atoms with Crippen LogP contribution in [0.3, 0.4) is 0 Å². The Bertz CT molecular complexity index is 616. The SMILES string of the molecule is Cc1c(CNCC2CC3CCC2C3)n(C)c2ccccc12. The zero-order chi connectivity index (χ0) is 14.4. The van der Waals surface area contributed by atoms with Gasteiger partial charge in [-0.3, -0.25) is 0 Å². The molecule has 0 aliphatic heterocycles. The molecule has 0 amide bonds. The number of fused-ring (bicyclic) bond motifs is 3. The van der Waals surface area contributed by atoms with E-state index in [4.69, 9.17) is 0 Å². The number of hydrogen-bond donors (Lipinski definition) is 1. The molecular formula is C19H26N2. The molecule has 21 heavy (non-hydrogen) atoms. The number of rotatable bonds is 4. The fraction of sp³-hybridized carbons (Fsp3) is 0.579. The molecule has 2 aliphatic carbocycles. The van der Waals surface area contributed by atoms with Crippen molar-refractivity contribution in [3.8, 4) is 0 Å². The Morgan fingerprint density at radius 2 is 2.05 bits per heavy atom. The first kappa shape index (κ1) is 13.4. The van der Waals surface area contributed by atoms with Gasteiger partial charge in [0, 0.05) is 30.2 Å². The molecule has 0 spiro atoms. The molecule has 0 saturated heterocycles. The normalized spacial score (nSPS) is 27.8. The van der Waals surface area contributed by atoms with E-state index in [1.54, 1.807) is 0 Å². The molecule has 2 saturated carbocycles. The first-order valence-corrected chi connectivity index (χ1v) is 8.47. The van der Waals surface area contributed by atoms with E-state index in [0.717, 1.165) is 24.3 Å². The van der Waals surface area contributed by atoms with E-state index in [9.17, 15) is 0 Å². The summed E-state index contributed by atoms with van der Waals surface area (Å²) in [5, 5.41) is 5.15. The maximum absolute atomic E-state index is 3.75. The Balaban J connectivity index is 1.45. The van der Waals surface area contributed by atoms with E-state index in [1.807, 2.05) is 0 Å². The molecule has 1 N–H and O–H groups in total. The van der Waals surface area contributed by atoms with Gasteiger partial charge in [-0.2, -0.15) is 0 Å². The zero-order valence-electron chi connectivity index (χ0n) is 13.2. The van der Waals surface area contributed by atoms with Crippen molar-refractivity contribution in [3.05, 3.63) is 35.5 Å². The number of nitrogens with one attached hydrogen (secondary N) is 1. The Kier molecular flexibility index (Phi) is 3.30. The average Bonchev–Trinajstić information content (AvgIpc) is 3.18. The van der Waals surface area contributed by atoms with Crippen LogP contribution >= 0.6 is 0 Å². The van der Waals surface area contributed by atoms with Gasteiger partial charge in [0.25, 0.3) is 0 Å². The van der Waals surface area contributed by atoms with Crippen molar-refractivity contribution in [1.82, 2.24) is 9.88 Å². The van der Waals surface area contributed by atoms with E-state index >= 15 is 0 Å². The minimum Gasteiger partial charge on any atom is -0.346 e. The van der Waals surface area contributed by atoms with Crippen molar-refractivity contribution in [2.75, 3.05) is 6.54 Å². The smallest absolute Gasteiger partial charge is 0.0483 e. The van der Waals surface area contributed by atoms with Gasteiger partial charge >= 0.3 is 0 Å². The lowest BCUT2D eigenvalue weighted by Gasteiger charge is -2.22. The number of nitrogens with zero attached hydrogens (tertiary/aromatic N) is 1.